The second-order valence-corrected chi connectivity index (χ2v) is 5.08. The van der Waals surface area contributed by atoms with Crippen molar-refractivity contribution in [2.75, 3.05) is 26.7 Å². The topological polar surface area (TPSA) is 40.6 Å². The highest BCUT2D eigenvalue weighted by molar-refractivity contribution is 5.82. The largest absolute Gasteiger partial charge is 0.328 e. The standard InChI is InChI=1S/C12H20N2O2/c1-3-4-13(2)12(16)14-7-9-5-11(15)6-10(9)8-14/h9-10H,3-8H2,1-2H3/t9-,10+. The molecule has 2 rings (SSSR count). The first kappa shape index (κ1) is 11.4. The van der Waals surface area contributed by atoms with Gasteiger partial charge in [-0.05, 0) is 18.3 Å². The van der Waals surface area contributed by atoms with Crippen LogP contribution in [0.3, 0.4) is 0 Å². The lowest BCUT2D eigenvalue weighted by Gasteiger charge is -2.24. The summed E-state index contributed by atoms with van der Waals surface area (Å²) < 4.78 is 0. The number of ketones is 1. The molecule has 2 amide bonds. The van der Waals surface area contributed by atoms with Gasteiger partial charge in [-0.1, -0.05) is 6.92 Å². The molecule has 2 atom stereocenters. The Morgan fingerprint density at radius 2 is 1.94 bits per heavy atom. The number of fused-ring (bicyclic) bond motifs is 1. The van der Waals surface area contributed by atoms with E-state index < -0.39 is 0 Å². The van der Waals surface area contributed by atoms with Crippen molar-refractivity contribution in [3.63, 3.8) is 0 Å². The Labute approximate surface area is 96.6 Å². The molecule has 90 valence electrons. The van der Waals surface area contributed by atoms with Gasteiger partial charge in [0.1, 0.15) is 5.78 Å². The SMILES string of the molecule is CCCN(C)C(=O)N1C[C@H]2CC(=O)C[C@H]2C1. The van der Waals surface area contributed by atoms with Gasteiger partial charge in [-0.3, -0.25) is 4.79 Å². The Kier molecular flexibility index (Phi) is 3.17. The predicted octanol–water partition coefficient (Wildman–Crippen LogP) is 1.36. The Balaban J connectivity index is 1.90. The van der Waals surface area contributed by atoms with E-state index in [-0.39, 0.29) is 6.03 Å². The van der Waals surface area contributed by atoms with Crippen molar-refractivity contribution in [3.8, 4) is 0 Å². The van der Waals surface area contributed by atoms with Crippen LogP contribution in [0, 0.1) is 11.8 Å². The van der Waals surface area contributed by atoms with E-state index in [1.165, 1.54) is 0 Å². The molecule has 0 spiro atoms. The van der Waals surface area contributed by atoms with Crippen molar-refractivity contribution >= 4 is 11.8 Å². The summed E-state index contributed by atoms with van der Waals surface area (Å²) in [6, 6.07) is 0.128. The first-order chi connectivity index (χ1) is 7.61. The third kappa shape index (κ3) is 2.06. The molecule has 0 radical (unpaired) electrons. The molecule has 1 saturated heterocycles. The van der Waals surface area contributed by atoms with Crippen LogP contribution in [0.25, 0.3) is 0 Å². The number of urea groups is 1. The van der Waals surface area contributed by atoms with Crippen molar-refractivity contribution in [2.24, 2.45) is 11.8 Å². The maximum absolute atomic E-state index is 12.0. The number of amides is 2. The van der Waals surface area contributed by atoms with E-state index in [0.717, 1.165) is 26.1 Å². The quantitative estimate of drug-likeness (QED) is 0.710. The van der Waals surface area contributed by atoms with Gasteiger partial charge in [0.05, 0.1) is 0 Å². The summed E-state index contributed by atoms with van der Waals surface area (Å²) in [5.74, 6) is 1.25. The summed E-state index contributed by atoms with van der Waals surface area (Å²) in [4.78, 5) is 27.0. The molecule has 0 N–H and O–H groups in total. The molecule has 4 nitrogen and oxygen atoms in total. The molecule has 0 aromatic carbocycles. The fourth-order valence-electron chi connectivity index (χ4n) is 2.90. The van der Waals surface area contributed by atoms with Gasteiger partial charge in [-0.2, -0.15) is 0 Å². The van der Waals surface area contributed by atoms with Gasteiger partial charge in [0.25, 0.3) is 0 Å². The van der Waals surface area contributed by atoms with Gasteiger partial charge in [0.15, 0.2) is 0 Å². The summed E-state index contributed by atoms with van der Waals surface area (Å²) in [5, 5.41) is 0. The van der Waals surface area contributed by atoms with Gasteiger partial charge >= 0.3 is 6.03 Å². The van der Waals surface area contributed by atoms with Gasteiger partial charge in [0, 0.05) is 39.5 Å². The number of hydrogen-bond donors (Lipinski definition) is 0. The van der Waals surface area contributed by atoms with Crippen molar-refractivity contribution in [1.82, 2.24) is 9.80 Å². The second kappa shape index (κ2) is 4.44. The van der Waals surface area contributed by atoms with Crippen LogP contribution in [0.2, 0.25) is 0 Å². The summed E-state index contributed by atoms with van der Waals surface area (Å²) in [5.41, 5.74) is 0. The predicted molar refractivity (Wildman–Crippen MR) is 61.1 cm³/mol. The summed E-state index contributed by atoms with van der Waals surface area (Å²) in [7, 11) is 1.85. The minimum Gasteiger partial charge on any atom is -0.328 e. The van der Waals surface area contributed by atoms with Gasteiger partial charge in [-0.25, -0.2) is 4.79 Å². The molecule has 4 heteroatoms. The minimum atomic E-state index is 0.128. The molecule has 1 saturated carbocycles. The molecular weight excluding hydrogens is 204 g/mol. The van der Waals surface area contributed by atoms with E-state index in [2.05, 4.69) is 6.92 Å². The maximum atomic E-state index is 12.0. The fraction of sp³-hybridized carbons (Fsp3) is 0.833. The maximum Gasteiger partial charge on any atom is 0.319 e. The number of Topliss-reactive ketones (excluding diaryl/α,β-unsaturated/α-hetero) is 1. The van der Waals surface area contributed by atoms with Gasteiger partial charge in [-0.15, -0.1) is 0 Å². The smallest absolute Gasteiger partial charge is 0.319 e. The third-order valence-electron chi connectivity index (χ3n) is 3.71. The minimum absolute atomic E-state index is 0.128. The zero-order valence-electron chi connectivity index (χ0n) is 10.1. The van der Waals surface area contributed by atoms with E-state index in [1.807, 2.05) is 11.9 Å². The van der Waals surface area contributed by atoms with Crippen LogP contribution in [-0.2, 0) is 4.79 Å². The number of rotatable bonds is 2. The lowest BCUT2D eigenvalue weighted by Crippen LogP contribution is -2.40. The Morgan fingerprint density at radius 3 is 2.44 bits per heavy atom. The van der Waals surface area contributed by atoms with E-state index in [4.69, 9.17) is 0 Å². The lowest BCUT2D eigenvalue weighted by atomic mass is 10.0. The third-order valence-corrected chi connectivity index (χ3v) is 3.71. The van der Waals surface area contributed by atoms with Crippen LogP contribution in [0.5, 0.6) is 0 Å². The van der Waals surface area contributed by atoms with Crippen molar-refractivity contribution in [3.05, 3.63) is 0 Å². The Hall–Kier alpha value is -1.06. The number of carbonyl (C=O) groups excluding carboxylic acids is 2. The van der Waals surface area contributed by atoms with Crippen LogP contribution in [-0.4, -0.2) is 48.3 Å². The monoisotopic (exact) mass is 224 g/mol. The average molecular weight is 224 g/mol. The average Bonchev–Trinajstić information content (AvgIpc) is 2.73. The second-order valence-electron chi connectivity index (χ2n) is 5.08. The number of hydrogen-bond acceptors (Lipinski definition) is 2. The summed E-state index contributed by atoms with van der Waals surface area (Å²) in [6.45, 7) is 4.44. The van der Waals surface area contributed by atoms with Gasteiger partial charge < -0.3 is 9.80 Å². The summed E-state index contributed by atoms with van der Waals surface area (Å²) in [6.07, 6.45) is 2.36. The number of likely N-dealkylation sites (tertiary alicyclic amines) is 1. The van der Waals surface area contributed by atoms with Crippen LogP contribution in [0.1, 0.15) is 26.2 Å². The molecule has 0 aromatic heterocycles. The summed E-state index contributed by atoms with van der Waals surface area (Å²) >= 11 is 0. The fourth-order valence-corrected chi connectivity index (χ4v) is 2.90. The highest BCUT2D eigenvalue weighted by atomic mass is 16.2. The molecule has 1 aliphatic carbocycles. The number of nitrogens with zero attached hydrogens (tertiary/aromatic N) is 2. The Bertz CT molecular complexity index is 287. The van der Waals surface area contributed by atoms with Crippen LogP contribution < -0.4 is 0 Å². The zero-order chi connectivity index (χ0) is 11.7. The molecule has 0 bridgehead atoms. The van der Waals surface area contributed by atoms with E-state index in [0.29, 0.717) is 30.5 Å². The van der Waals surface area contributed by atoms with E-state index >= 15 is 0 Å². The van der Waals surface area contributed by atoms with Crippen molar-refractivity contribution in [2.45, 2.75) is 26.2 Å². The van der Waals surface area contributed by atoms with Crippen molar-refractivity contribution < 1.29 is 9.59 Å². The highest BCUT2D eigenvalue weighted by Gasteiger charge is 2.42. The lowest BCUT2D eigenvalue weighted by molar-refractivity contribution is -0.117. The van der Waals surface area contributed by atoms with Crippen molar-refractivity contribution in [1.29, 1.82) is 0 Å². The van der Waals surface area contributed by atoms with Crippen LogP contribution in [0.4, 0.5) is 4.79 Å². The molecule has 16 heavy (non-hydrogen) atoms. The molecular formula is C12H20N2O2. The van der Waals surface area contributed by atoms with E-state index in [9.17, 15) is 9.59 Å². The molecule has 2 aliphatic rings. The molecule has 0 aromatic rings. The van der Waals surface area contributed by atoms with Crippen LogP contribution in [0.15, 0.2) is 0 Å². The molecule has 0 unspecified atom stereocenters. The first-order valence-corrected chi connectivity index (χ1v) is 6.13. The Morgan fingerprint density at radius 1 is 1.38 bits per heavy atom. The highest BCUT2D eigenvalue weighted by Crippen LogP contribution is 2.36. The molecule has 2 fully saturated rings. The first-order valence-electron chi connectivity index (χ1n) is 6.13. The van der Waals surface area contributed by atoms with Gasteiger partial charge in [0.2, 0.25) is 0 Å². The number of carbonyl (C=O) groups is 2. The zero-order valence-corrected chi connectivity index (χ0v) is 10.1. The molecule has 1 aliphatic heterocycles. The van der Waals surface area contributed by atoms with Crippen LogP contribution >= 0.6 is 0 Å². The molecule has 1 heterocycles. The normalized spacial score (nSPS) is 28.4. The van der Waals surface area contributed by atoms with E-state index in [1.54, 1.807) is 4.90 Å².